The fourth-order valence-electron chi connectivity index (χ4n) is 2.64. The van der Waals surface area contributed by atoms with Crippen LogP contribution in [0.25, 0.3) is 11.0 Å². The smallest absolute Gasteiger partial charge is 0.125 e. The predicted octanol–water partition coefficient (Wildman–Crippen LogP) is 1.92. The van der Waals surface area contributed by atoms with Gasteiger partial charge in [0.25, 0.3) is 0 Å². The molecule has 0 aliphatic rings. The number of H-pyrrole nitrogens is 1. The number of imidazole rings is 2. The summed E-state index contributed by atoms with van der Waals surface area (Å²) in [4.78, 5) is 12.1. The summed E-state index contributed by atoms with van der Waals surface area (Å²) in [6, 6.07) is 8.14. The number of aromatic amines is 1. The zero-order chi connectivity index (χ0) is 14.7. The number of rotatable bonds is 6. The summed E-state index contributed by atoms with van der Waals surface area (Å²) >= 11 is 0. The molecule has 0 aliphatic carbocycles. The second-order valence-electron chi connectivity index (χ2n) is 5.07. The minimum absolute atomic E-state index is 0.0765. The largest absolute Gasteiger partial charge is 0.347 e. The van der Waals surface area contributed by atoms with Crippen molar-refractivity contribution < 1.29 is 0 Å². The number of aryl methyl sites for hydroxylation is 1. The molecule has 0 saturated carbocycles. The van der Waals surface area contributed by atoms with Crippen LogP contribution in [0.2, 0.25) is 0 Å². The van der Waals surface area contributed by atoms with E-state index in [0.29, 0.717) is 6.42 Å². The first-order chi connectivity index (χ1) is 10.3. The van der Waals surface area contributed by atoms with Gasteiger partial charge in [-0.3, -0.25) is 5.84 Å². The lowest BCUT2D eigenvalue weighted by Gasteiger charge is -2.14. The second kappa shape index (κ2) is 6.07. The quantitative estimate of drug-likeness (QED) is 0.477. The van der Waals surface area contributed by atoms with E-state index in [1.54, 1.807) is 12.4 Å². The zero-order valence-electron chi connectivity index (χ0n) is 12.1. The minimum atomic E-state index is -0.0765. The van der Waals surface area contributed by atoms with Crippen molar-refractivity contribution in [2.75, 3.05) is 0 Å². The Morgan fingerprint density at radius 2 is 2.24 bits per heavy atom. The average molecular weight is 284 g/mol. The summed E-state index contributed by atoms with van der Waals surface area (Å²) in [5.74, 6) is 7.53. The average Bonchev–Trinajstić information content (AvgIpc) is 3.14. The molecule has 0 spiro atoms. The van der Waals surface area contributed by atoms with Crippen LogP contribution in [0.5, 0.6) is 0 Å². The van der Waals surface area contributed by atoms with Gasteiger partial charge in [-0.05, 0) is 18.6 Å². The third-order valence-electron chi connectivity index (χ3n) is 3.62. The molecule has 3 rings (SSSR count). The highest BCUT2D eigenvalue weighted by Gasteiger charge is 2.18. The van der Waals surface area contributed by atoms with Crippen molar-refractivity contribution in [3.8, 4) is 0 Å². The SMILES string of the molecule is CCCn1c(CC(NN)c2ncc[nH]2)nc2ccccc21. The molecule has 0 fully saturated rings. The number of fused-ring (bicyclic) bond motifs is 1. The molecule has 6 heteroatoms. The van der Waals surface area contributed by atoms with E-state index in [2.05, 4.69) is 33.0 Å². The molecule has 0 saturated heterocycles. The molecule has 110 valence electrons. The number of para-hydroxylation sites is 2. The molecular weight excluding hydrogens is 264 g/mol. The van der Waals surface area contributed by atoms with Crippen LogP contribution in [-0.2, 0) is 13.0 Å². The van der Waals surface area contributed by atoms with E-state index >= 15 is 0 Å². The number of hydrogen-bond donors (Lipinski definition) is 3. The lowest BCUT2D eigenvalue weighted by atomic mass is 10.2. The number of nitrogens with two attached hydrogens (primary N) is 1. The molecular formula is C15H20N6. The van der Waals surface area contributed by atoms with Crippen molar-refractivity contribution in [3.63, 3.8) is 0 Å². The number of nitrogens with one attached hydrogen (secondary N) is 2. The van der Waals surface area contributed by atoms with E-state index in [1.165, 1.54) is 5.52 Å². The molecule has 0 aliphatic heterocycles. The van der Waals surface area contributed by atoms with Crippen molar-refractivity contribution >= 4 is 11.0 Å². The molecule has 2 aromatic heterocycles. The van der Waals surface area contributed by atoms with Crippen molar-refractivity contribution in [3.05, 3.63) is 48.3 Å². The Kier molecular flexibility index (Phi) is 3.98. The van der Waals surface area contributed by atoms with Gasteiger partial charge in [0.15, 0.2) is 0 Å². The van der Waals surface area contributed by atoms with Crippen LogP contribution < -0.4 is 11.3 Å². The number of benzene rings is 1. The van der Waals surface area contributed by atoms with Gasteiger partial charge < -0.3 is 9.55 Å². The Labute approximate surface area is 123 Å². The van der Waals surface area contributed by atoms with Gasteiger partial charge in [-0.1, -0.05) is 19.1 Å². The Morgan fingerprint density at radius 3 is 2.95 bits per heavy atom. The molecule has 2 heterocycles. The first-order valence-electron chi connectivity index (χ1n) is 7.23. The van der Waals surface area contributed by atoms with Crippen LogP contribution in [0.3, 0.4) is 0 Å². The van der Waals surface area contributed by atoms with Crippen LogP contribution in [0.15, 0.2) is 36.7 Å². The maximum atomic E-state index is 5.68. The lowest BCUT2D eigenvalue weighted by molar-refractivity contribution is 0.501. The van der Waals surface area contributed by atoms with Gasteiger partial charge >= 0.3 is 0 Å². The van der Waals surface area contributed by atoms with Crippen molar-refractivity contribution in [2.24, 2.45) is 5.84 Å². The number of hydrogen-bond acceptors (Lipinski definition) is 4. The normalized spacial score (nSPS) is 12.9. The van der Waals surface area contributed by atoms with Crippen LogP contribution in [-0.4, -0.2) is 19.5 Å². The molecule has 0 amide bonds. The maximum absolute atomic E-state index is 5.68. The van der Waals surface area contributed by atoms with Crippen molar-refractivity contribution in [1.82, 2.24) is 24.9 Å². The summed E-state index contributed by atoms with van der Waals surface area (Å²) in [7, 11) is 0. The van der Waals surface area contributed by atoms with Gasteiger partial charge in [-0.2, -0.15) is 0 Å². The van der Waals surface area contributed by atoms with Gasteiger partial charge in [0.2, 0.25) is 0 Å². The highest BCUT2D eigenvalue weighted by Crippen LogP contribution is 2.20. The Morgan fingerprint density at radius 1 is 1.38 bits per heavy atom. The fourth-order valence-corrected chi connectivity index (χ4v) is 2.64. The summed E-state index contributed by atoms with van der Waals surface area (Å²) in [5, 5.41) is 0. The Hall–Kier alpha value is -2.18. The molecule has 3 aromatic rings. The van der Waals surface area contributed by atoms with Crippen molar-refractivity contribution in [2.45, 2.75) is 32.4 Å². The predicted molar refractivity (Wildman–Crippen MR) is 82.4 cm³/mol. The van der Waals surface area contributed by atoms with Crippen LogP contribution in [0.1, 0.15) is 31.0 Å². The van der Waals surface area contributed by atoms with Gasteiger partial charge in [0.1, 0.15) is 11.6 Å². The Balaban J connectivity index is 1.97. The fraction of sp³-hybridized carbons (Fsp3) is 0.333. The van der Waals surface area contributed by atoms with Crippen LogP contribution in [0, 0.1) is 0 Å². The molecule has 1 aromatic carbocycles. The number of aromatic nitrogens is 4. The summed E-state index contributed by atoms with van der Waals surface area (Å²) in [5.41, 5.74) is 5.01. The molecule has 0 radical (unpaired) electrons. The van der Waals surface area contributed by atoms with E-state index in [4.69, 9.17) is 10.8 Å². The topological polar surface area (TPSA) is 84.5 Å². The van der Waals surface area contributed by atoms with Gasteiger partial charge in [-0.15, -0.1) is 0 Å². The first kappa shape index (κ1) is 13.8. The standard InChI is InChI=1S/C15H20N6/c1-2-9-21-13-6-4-3-5-11(13)19-14(21)10-12(20-16)15-17-7-8-18-15/h3-8,12,20H,2,9-10,16H2,1H3,(H,17,18). The van der Waals surface area contributed by atoms with E-state index in [1.807, 2.05) is 18.2 Å². The van der Waals surface area contributed by atoms with E-state index in [0.717, 1.165) is 30.1 Å². The molecule has 1 atom stereocenters. The number of nitrogens with zero attached hydrogens (tertiary/aromatic N) is 3. The monoisotopic (exact) mass is 284 g/mol. The number of hydrazine groups is 1. The summed E-state index contributed by atoms with van der Waals surface area (Å²) in [6.07, 6.45) is 5.29. The van der Waals surface area contributed by atoms with Crippen molar-refractivity contribution in [1.29, 1.82) is 0 Å². The van der Waals surface area contributed by atoms with E-state index in [9.17, 15) is 0 Å². The molecule has 4 N–H and O–H groups in total. The molecule has 0 bridgehead atoms. The summed E-state index contributed by atoms with van der Waals surface area (Å²) < 4.78 is 2.27. The third-order valence-corrected chi connectivity index (χ3v) is 3.62. The maximum Gasteiger partial charge on any atom is 0.125 e. The highest BCUT2D eigenvalue weighted by atomic mass is 15.3. The Bertz CT molecular complexity index is 700. The van der Waals surface area contributed by atoms with Gasteiger partial charge in [0, 0.05) is 25.4 Å². The van der Waals surface area contributed by atoms with E-state index in [-0.39, 0.29) is 6.04 Å². The van der Waals surface area contributed by atoms with Gasteiger partial charge in [0.05, 0.1) is 17.1 Å². The molecule has 6 nitrogen and oxygen atoms in total. The third kappa shape index (κ3) is 2.68. The zero-order valence-corrected chi connectivity index (χ0v) is 12.1. The van der Waals surface area contributed by atoms with Gasteiger partial charge in [-0.25, -0.2) is 15.4 Å². The highest BCUT2D eigenvalue weighted by molar-refractivity contribution is 5.75. The molecule has 21 heavy (non-hydrogen) atoms. The first-order valence-corrected chi connectivity index (χ1v) is 7.23. The minimum Gasteiger partial charge on any atom is -0.347 e. The van der Waals surface area contributed by atoms with Crippen LogP contribution >= 0.6 is 0 Å². The summed E-state index contributed by atoms with van der Waals surface area (Å²) in [6.45, 7) is 3.12. The second-order valence-corrected chi connectivity index (χ2v) is 5.07. The van der Waals surface area contributed by atoms with E-state index < -0.39 is 0 Å². The lowest BCUT2D eigenvalue weighted by Crippen LogP contribution is -2.31. The molecule has 1 unspecified atom stereocenters. The van der Waals surface area contributed by atoms with Crippen LogP contribution in [0.4, 0.5) is 0 Å².